The Kier molecular flexibility index (Phi) is 2.63. The zero-order valence-electron chi connectivity index (χ0n) is 8.33. The fourth-order valence-electron chi connectivity index (χ4n) is 1.52. The monoisotopic (exact) mass is 211 g/mol. The predicted octanol–water partition coefficient (Wildman–Crippen LogP) is 1.15. The second kappa shape index (κ2) is 3.79. The molecule has 0 aliphatic heterocycles. The molecule has 4 heteroatoms. The lowest BCUT2D eigenvalue weighted by Gasteiger charge is -2.14. The van der Waals surface area contributed by atoms with Crippen molar-refractivity contribution in [3.63, 3.8) is 0 Å². The van der Waals surface area contributed by atoms with Crippen molar-refractivity contribution in [2.45, 2.75) is 24.9 Å². The molecule has 1 fully saturated rings. The molecular weight excluding hydrogens is 197 g/mol. The van der Waals surface area contributed by atoms with Gasteiger partial charge < -0.3 is 15.5 Å². The van der Waals surface area contributed by atoms with Crippen LogP contribution < -0.4 is 5.32 Å². The number of aromatic hydroxyl groups is 1. The Labute approximate surface area is 87.6 Å². The Morgan fingerprint density at radius 2 is 2.13 bits per heavy atom. The number of aliphatic hydroxyl groups excluding tert-OH is 1. The Morgan fingerprint density at radius 3 is 2.73 bits per heavy atom. The second-order valence-corrected chi connectivity index (χ2v) is 4.07. The van der Waals surface area contributed by atoms with Gasteiger partial charge in [-0.2, -0.15) is 0 Å². The highest BCUT2D eigenvalue weighted by atomic mass is 19.1. The maximum Gasteiger partial charge on any atom is 0.123 e. The van der Waals surface area contributed by atoms with E-state index in [0.717, 1.165) is 12.8 Å². The Hall–Kier alpha value is -1.13. The van der Waals surface area contributed by atoms with Gasteiger partial charge in [-0.3, -0.25) is 0 Å². The number of nitrogens with one attached hydrogen (secondary N) is 1. The fourth-order valence-corrected chi connectivity index (χ4v) is 1.52. The molecular formula is C11H14FNO2. The fraction of sp³-hybridized carbons (Fsp3) is 0.455. The summed E-state index contributed by atoms with van der Waals surface area (Å²) in [6.45, 7) is 0.466. The molecule has 3 N–H and O–H groups in total. The summed E-state index contributed by atoms with van der Waals surface area (Å²) in [6, 6.07) is 3.86. The van der Waals surface area contributed by atoms with Crippen molar-refractivity contribution in [1.29, 1.82) is 0 Å². The van der Waals surface area contributed by atoms with Crippen LogP contribution >= 0.6 is 0 Å². The molecule has 1 aromatic rings. The van der Waals surface area contributed by atoms with Gasteiger partial charge in [0.15, 0.2) is 0 Å². The third-order valence-corrected chi connectivity index (χ3v) is 2.85. The number of aliphatic hydroxyl groups is 1. The maximum atomic E-state index is 12.9. The average molecular weight is 211 g/mol. The molecule has 0 bridgehead atoms. The van der Waals surface area contributed by atoms with Crippen molar-refractivity contribution in [3.05, 3.63) is 29.6 Å². The van der Waals surface area contributed by atoms with Crippen LogP contribution in [-0.4, -0.2) is 22.4 Å². The SMILES string of the molecule is OCC1(NCc2cc(F)ccc2O)CC1. The van der Waals surface area contributed by atoms with E-state index in [4.69, 9.17) is 5.11 Å². The van der Waals surface area contributed by atoms with Crippen LogP contribution in [0.1, 0.15) is 18.4 Å². The third-order valence-electron chi connectivity index (χ3n) is 2.85. The van der Waals surface area contributed by atoms with Crippen molar-refractivity contribution in [1.82, 2.24) is 5.32 Å². The number of hydrogen-bond acceptors (Lipinski definition) is 3. The van der Waals surface area contributed by atoms with Gasteiger partial charge in [0.2, 0.25) is 0 Å². The first-order chi connectivity index (χ1) is 7.15. The molecule has 3 nitrogen and oxygen atoms in total. The first-order valence-corrected chi connectivity index (χ1v) is 4.98. The molecule has 82 valence electrons. The van der Waals surface area contributed by atoms with Crippen LogP contribution in [0, 0.1) is 5.82 Å². The Morgan fingerprint density at radius 1 is 1.40 bits per heavy atom. The molecule has 0 unspecified atom stereocenters. The summed E-state index contributed by atoms with van der Waals surface area (Å²) < 4.78 is 12.9. The largest absolute Gasteiger partial charge is 0.508 e. The quantitative estimate of drug-likeness (QED) is 0.700. The van der Waals surface area contributed by atoms with Crippen molar-refractivity contribution in [2.24, 2.45) is 0 Å². The number of rotatable bonds is 4. The number of benzene rings is 1. The summed E-state index contributed by atoms with van der Waals surface area (Å²) in [6.07, 6.45) is 1.86. The van der Waals surface area contributed by atoms with E-state index < -0.39 is 0 Å². The van der Waals surface area contributed by atoms with Crippen molar-refractivity contribution in [2.75, 3.05) is 6.61 Å². The van der Waals surface area contributed by atoms with Crippen molar-refractivity contribution < 1.29 is 14.6 Å². The molecule has 1 aliphatic rings. The lowest BCUT2D eigenvalue weighted by atomic mass is 10.1. The zero-order chi connectivity index (χ0) is 10.9. The summed E-state index contributed by atoms with van der Waals surface area (Å²) in [7, 11) is 0. The summed E-state index contributed by atoms with van der Waals surface area (Å²) >= 11 is 0. The minimum absolute atomic E-state index is 0.0811. The maximum absolute atomic E-state index is 12.9. The zero-order valence-corrected chi connectivity index (χ0v) is 8.33. The lowest BCUT2D eigenvalue weighted by Crippen LogP contribution is -2.34. The minimum atomic E-state index is -0.363. The number of hydrogen-bond donors (Lipinski definition) is 3. The van der Waals surface area contributed by atoms with E-state index in [1.165, 1.54) is 18.2 Å². The highest BCUT2D eigenvalue weighted by molar-refractivity contribution is 5.32. The number of halogens is 1. The van der Waals surface area contributed by atoms with Crippen molar-refractivity contribution in [3.8, 4) is 5.75 Å². The molecule has 0 spiro atoms. The molecule has 0 saturated heterocycles. The van der Waals surface area contributed by atoms with E-state index in [1.807, 2.05) is 0 Å². The van der Waals surface area contributed by atoms with Crippen LogP contribution in [0.2, 0.25) is 0 Å². The molecule has 2 rings (SSSR count). The highest BCUT2D eigenvalue weighted by Gasteiger charge is 2.41. The summed E-state index contributed by atoms with van der Waals surface area (Å²) in [5, 5.41) is 21.6. The van der Waals surface area contributed by atoms with Gasteiger partial charge in [-0.05, 0) is 31.0 Å². The Bertz CT molecular complexity index is 364. The average Bonchev–Trinajstić information content (AvgIpc) is 3.00. The van der Waals surface area contributed by atoms with Crippen molar-refractivity contribution >= 4 is 0 Å². The first-order valence-electron chi connectivity index (χ1n) is 4.98. The molecule has 0 aromatic heterocycles. The minimum Gasteiger partial charge on any atom is -0.508 e. The summed E-state index contributed by atoms with van der Waals surface area (Å²) in [5.41, 5.74) is 0.327. The predicted molar refractivity (Wildman–Crippen MR) is 54.0 cm³/mol. The van der Waals surface area contributed by atoms with E-state index >= 15 is 0 Å². The van der Waals surface area contributed by atoms with Gasteiger partial charge in [0.05, 0.1) is 6.61 Å². The first kappa shape index (κ1) is 10.4. The molecule has 1 aliphatic carbocycles. The van der Waals surface area contributed by atoms with Crippen LogP contribution in [0.25, 0.3) is 0 Å². The van der Waals surface area contributed by atoms with Gasteiger partial charge in [0.1, 0.15) is 11.6 Å². The van der Waals surface area contributed by atoms with Crippen LogP contribution in [0.3, 0.4) is 0 Å². The molecule has 1 saturated carbocycles. The number of phenols is 1. The third kappa shape index (κ3) is 2.27. The van der Waals surface area contributed by atoms with Crippen LogP contribution in [0.15, 0.2) is 18.2 Å². The van der Waals surface area contributed by atoms with E-state index in [9.17, 15) is 9.50 Å². The van der Waals surface area contributed by atoms with Crippen LogP contribution in [0.5, 0.6) is 5.75 Å². The summed E-state index contributed by atoms with van der Waals surface area (Å²) in [4.78, 5) is 0. The molecule has 0 radical (unpaired) electrons. The Balaban J connectivity index is 2.01. The number of phenolic OH excluding ortho intramolecular Hbond substituents is 1. The van der Waals surface area contributed by atoms with Gasteiger partial charge in [-0.25, -0.2) is 4.39 Å². The molecule has 1 aromatic carbocycles. The van der Waals surface area contributed by atoms with Gasteiger partial charge in [-0.15, -0.1) is 0 Å². The standard InChI is InChI=1S/C11H14FNO2/c12-9-1-2-10(15)8(5-9)6-13-11(7-14)3-4-11/h1-2,5,13-15H,3-4,6-7H2. The van der Waals surface area contributed by atoms with E-state index in [-0.39, 0.29) is 23.7 Å². The topological polar surface area (TPSA) is 52.5 Å². The van der Waals surface area contributed by atoms with Gasteiger partial charge in [-0.1, -0.05) is 0 Å². The van der Waals surface area contributed by atoms with Crippen LogP contribution in [-0.2, 0) is 6.54 Å². The van der Waals surface area contributed by atoms with Crippen LogP contribution in [0.4, 0.5) is 4.39 Å². The van der Waals surface area contributed by atoms with E-state index in [1.54, 1.807) is 0 Å². The molecule has 0 amide bonds. The van der Waals surface area contributed by atoms with Gasteiger partial charge in [0, 0.05) is 17.6 Å². The van der Waals surface area contributed by atoms with Gasteiger partial charge in [0.25, 0.3) is 0 Å². The molecule has 15 heavy (non-hydrogen) atoms. The normalized spacial score (nSPS) is 17.7. The smallest absolute Gasteiger partial charge is 0.123 e. The molecule has 0 heterocycles. The lowest BCUT2D eigenvalue weighted by molar-refractivity contribution is 0.229. The van der Waals surface area contributed by atoms with Gasteiger partial charge >= 0.3 is 0 Å². The van der Waals surface area contributed by atoms with E-state index in [0.29, 0.717) is 12.1 Å². The molecule has 0 atom stereocenters. The van der Waals surface area contributed by atoms with E-state index in [2.05, 4.69) is 5.32 Å². The second-order valence-electron chi connectivity index (χ2n) is 4.07. The summed E-state index contributed by atoms with van der Waals surface area (Å²) in [5.74, 6) is -0.281. The highest BCUT2D eigenvalue weighted by Crippen LogP contribution is 2.35.